The topological polar surface area (TPSA) is 151 Å². The van der Waals surface area contributed by atoms with Crippen molar-refractivity contribution in [2.24, 2.45) is 16.8 Å². The molecule has 5 amide bonds. The second-order valence-electron chi connectivity index (χ2n) is 6.42. The molecule has 10 nitrogen and oxygen atoms in total. The molecule has 0 saturated carbocycles. The van der Waals surface area contributed by atoms with Crippen LogP contribution in [0.3, 0.4) is 0 Å². The third-order valence-corrected chi connectivity index (χ3v) is 5.35. The Balaban J connectivity index is 2.03. The fraction of sp³-hybridized carbons (Fsp3) is 0.0526. The Morgan fingerprint density at radius 2 is 1.55 bits per heavy atom. The summed E-state index contributed by atoms with van der Waals surface area (Å²) in [7, 11) is 0. The maximum atomic E-state index is 13.1. The molecule has 1 fully saturated rings. The van der Waals surface area contributed by atoms with Crippen LogP contribution in [0.1, 0.15) is 0 Å². The largest absolute Gasteiger partial charge is 0.361 e. The number of nitrogens with one attached hydrogen (secondary N) is 2. The molecule has 1 atom stereocenters. The van der Waals surface area contributed by atoms with Crippen LogP contribution in [-0.2, 0) is 24.0 Å². The first-order valence-electron chi connectivity index (χ1n) is 8.78. The highest BCUT2D eigenvalue weighted by atomic mass is 35.5. The van der Waals surface area contributed by atoms with Gasteiger partial charge in [-0.3, -0.25) is 24.0 Å². The van der Waals surface area contributed by atoms with Gasteiger partial charge in [0.15, 0.2) is 5.92 Å². The number of nitrogens with two attached hydrogens (primary N) is 1. The molecule has 0 aromatic heterocycles. The Kier molecular flexibility index (Phi) is 7.23. The van der Waals surface area contributed by atoms with Gasteiger partial charge in [0.1, 0.15) is 5.71 Å². The van der Waals surface area contributed by atoms with Gasteiger partial charge in [-0.1, -0.05) is 46.4 Å². The molecule has 1 saturated heterocycles. The van der Waals surface area contributed by atoms with Crippen molar-refractivity contribution < 1.29 is 24.0 Å². The Morgan fingerprint density at radius 3 is 2.12 bits per heavy atom. The molecule has 33 heavy (non-hydrogen) atoms. The first kappa shape index (κ1) is 24.5. The van der Waals surface area contributed by atoms with Gasteiger partial charge in [0.25, 0.3) is 11.8 Å². The lowest BCUT2D eigenvalue weighted by molar-refractivity contribution is -0.137. The number of nitrogens with zero attached hydrogens (tertiary/aromatic N) is 2. The van der Waals surface area contributed by atoms with Crippen LogP contribution in [0.4, 0.5) is 11.4 Å². The minimum atomic E-state index is -1.83. The van der Waals surface area contributed by atoms with Crippen LogP contribution in [0, 0.1) is 5.92 Å². The van der Waals surface area contributed by atoms with E-state index in [9.17, 15) is 24.0 Å². The van der Waals surface area contributed by atoms with E-state index in [-0.39, 0.29) is 26.4 Å². The summed E-state index contributed by atoms with van der Waals surface area (Å²) in [5.74, 6) is -7.70. The minimum absolute atomic E-state index is 0.0609. The fourth-order valence-corrected chi connectivity index (χ4v) is 3.73. The second-order valence-corrected chi connectivity index (χ2v) is 8.11. The van der Waals surface area contributed by atoms with Gasteiger partial charge in [-0.15, -0.1) is 0 Å². The van der Waals surface area contributed by atoms with Gasteiger partial charge in [-0.05, 0) is 36.4 Å². The molecule has 0 bridgehead atoms. The predicted octanol–water partition coefficient (Wildman–Crippen LogP) is 2.39. The van der Waals surface area contributed by atoms with E-state index in [1.54, 1.807) is 5.43 Å². The number of carbonyl (C=O) groups is 5. The van der Waals surface area contributed by atoms with Crippen molar-refractivity contribution in [1.29, 1.82) is 0 Å². The van der Waals surface area contributed by atoms with E-state index in [0.29, 0.717) is 9.92 Å². The van der Waals surface area contributed by atoms with Crippen molar-refractivity contribution in [2.75, 3.05) is 10.2 Å². The number of primary amides is 1. The van der Waals surface area contributed by atoms with Crippen molar-refractivity contribution in [3.05, 3.63) is 56.5 Å². The summed E-state index contributed by atoms with van der Waals surface area (Å²) in [5, 5.41) is 6.42. The molecule has 4 N–H and O–H groups in total. The van der Waals surface area contributed by atoms with Crippen molar-refractivity contribution in [2.45, 2.75) is 0 Å². The van der Waals surface area contributed by atoms with Crippen molar-refractivity contribution >= 4 is 93.0 Å². The van der Waals surface area contributed by atoms with Crippen LogP contribution < -0.4 is 21.4 Å². The predicted molar refractivity (Wildman–Crippen MR) is 122 cm³/mol. The molecule has 0 spiro atoms. The van der Waals surface area contributed by atoms with Crippen molar-refractivity contribution in [3.8, 4) is 0 Å². The number of hydrazone groups is 1. The molecule has 2 aromatic rings. The standard InChI is InChI=1S/C19H11Cl4N5O5/c20-7-1-3-11(9(22)5-7)25-16(30)13-14(26-27-17(31)15(24)29)19(33)28(18(13)32)12-4-2-8(21)6-10(12)23/h1-6,13H,(H2,24,29)(H,25,30)(H,27,31)/b26-14+. The van der Waals surface area contributed by atoms with Crippen molar-refractivity contribution in [3.63, 3.8) is 0 Å². The summed E-state index contributed by atoms with van der Waals surface area (Å²) >= 11 is 23.9. The highest BCUT2D eigenvalue weighted by Crippen LogP contribution is 2.34. The van der Waals surface area contributed by atoms with Gasteiger partial charge >= 0.3 is 11.8 Å². The number of benzene rings is 2. The van der Waals surface area contributed by atoms with Crippen LogP contribution in [0.5, 0.6) is 0 Å². The molecule has 14 heteroatoms. The first-order chi connectivity index (χ1) is 15.5. The summed E-state index contributed by atoms with van der Waals surface area (Å²) in [6.07, 6.45) is 0. The number of amides is 5. The molecule has 1 aliphatic rings. The lowest BCUT2D eigenvalue weighted by Gasteiger charge is -2.16. The molecule has 2 aromatic carbocycles. The molecule has 0 radical (unpaired) electrons. The quantitative estimate of drug-likeness (QED) is 0.240. The highest BCUT2D eigenvalue weighted by Gasteiger charge is 2.50. The van der Waals surface area contributed by atoms with Crippen LogP contribution in [0.15, 0.2) is 41.5 Å². The lowest BCUT2D eigenvalue weighted by Crippen LogP contribution is -2.37. The highest BCUT2D eigenvalue weighted by molar-refractivity contribution is 6.62. The lowest BCUT2D eigenvalue weighted by atomic mass is 10.0. The third kappa shape index (κ3) is 5.09. The van der Waals surface area contributed by atoms with E-state index in [4.69, 9.17) is 52.1 Å². The Hall–Kier alpha value is -3.18. The van der Waals surface area contributed by atoms with Gasteiger partial charge in [0, 0.05) is 10.0 Å². The Bertz CT molecular complexity index is 1250. The summed E-state index contributed by atoms with van der Waals surface area (Å²) < 4.78 is 0. The maximum absolute atomic E-state index is 13.1. The molecule has 0 aliphatic carbocycles. The van der Waals surface area contributed by atoms with Gasteiger partial charge in [-0.2, -0.15) is 5.10 Å². The summed E-state index contributed by atoms with van der Waals surface area (Å²) in [4.78, 5) is 62.2. The average molecular weight is 531 g/mol. The fourth-order valence-electron chi connectivity index (χ4n) is 2.79. The third-order valence-electron chi connectivity index (χ3n) is 4.27. The number of hydrogen-bond acceptors (Lipinski definition) is 6. The SMILES string of the molecule is NC(=O)C(=O)N/N=C1/C(=O)N(c2ccc(Cl)cc2Cl)C(=O)C1C(=O)Nc1ccc(Cl)cc1Cl. The van der Waals surface area contributed by atoms with E-state index in [1.165, 1.54) is 36.4 Å². The summed E-state index contributed by atoms with van der Waals surface area (Å²) in [6, 6.07) is 8.11. The van der Waals surface area contributed by atoms with Gasteiger partial charge < -0.3 is 11.1 Å². The van der Waals surface area contributed by atoms with Crippen LogP contribution in [0.25, 0.3) is 0 Å². The summed E-state index contributed by atoms with van der Waals surface area (Å²) in [5.41, 5.74) is 5.90. The smallest absolute Gasteiger partial charge is 0.329 e. The Morgan fingerprint density at radius 1 is 0.939 bits per heavy atom. The molecule has 1 aliphatic heterocycles. The van der Waals surface area contributed by atoms with Gasteiger partial charge in [0.2, 0.25) is 5.91 Å². The van der Waals surface area contributed by atoms with E-state index < -0.39 is 41.2 Å². The number of imide groups is 1. The van der Waals surface area contributed by atoms with Crippen molar-refractivity contribution in [1.82, 2.24) is 5.43 Å². The van der Waals surface area contributed by atoms with Crippen LogP contribution in [-0.4, -0.2) is 35.2 Å². The van der Waals surface area contributed by atoms with Gasteiger partial charge in [-0.25, -0.2) is 10.3 Å². The average Bonchev–Trinajstić information content (AvgIpc) is 2.98. The molecular formula is C19H11Cl4N5O5. The molecule has 1 heterocycles. The number of anilines is 2. The van der Waals surface area contributed by atoms with E-state index in [2.05, 4.69) is 10.4 Å². The van der Waals surface area contributed by atoms with E-state index in [1.807, 2.05) is 0 Å². The molecule has 170 valence electrons. The number of hydrogen-bond donors (Lipinski definition) is 3. The van der Waals surface area contributed by atoms with Crippen LogP contribution in [0.2, 0.25) is 20.1 Å². The van der Waals surface area contributed by atoms with E-state index in [0.717, 1.165) is 0 Å². The molecular weight excluding hydrogens is 520 g/mol. The number of rotatable bonds is 4. The number of carbonyl (C=O) groups excluding carboxylic acids is 5. The monoisotopic (exact) mass is 529 g/mol. The zero-order valence-corrected chi connectivity index (χ0v) is 19.1. The summed E-state index contributed by atoms with van der Waals surface area (Å²) in [6.45, 7) is 0. The van der Waals surface area contributed by atoms with Crippen LogP contribution >= 0.6 is 46.4 Å². The number of halogens is 4. The second kappa shape index (κ2) is 9.75. The minimum Gasteiger partial charge on any atom is -0.361 e. The Labute approximate surface area is 205 Å². The van der Waals surface area contributed by atoms with E-state index >= 15 is 0 Å². The normalized spacial score (nSPS) is 16.8. The maximum Gasteiger partial charge on any atom is 0.329 e. The van der Waals surface area contributed by atoms with Gasteiger partial charge in [0.05, 0.1) is 21.4 Å². The molecule has 1 unspecified atom stereocenters. The zero-order chi connectivity index (χ0) is 24.4. The molecule has 3 rings (SSSR count). The first-order valence-corrected chi connectivity index (χ1v) is 10.3. The zero-order valence-electron chi connectivity index (χ0n) is 16.1.